The van der Waals surface area contributed by atoms with Gasteiger partial charge < -0.3 is 0 Å². The molecule has 0 aliphatic carbocycles. The molecule has 0 aliphatic heterocycles. The second-order valence-corrected chi connectivity index (χ2v) is 10.0. The summed E-state index contributed by atoms with van der Waals surface area (Å²) >= 11 is 0. The van der Waals surface area contributed by atoms with Crippen LogP contribution >= 0.6 is 0 Å². The van der Waals surface area contributed by atoms with E-state index in [2.05, 4.69) is 37.9 Å². The van der Waals surface area contributed by atoms with E-state index < -0.39 is 8.07 Å². The Balaban J connectivity index is 2.54. The van der Waals surface area contributed by atoms with Crippen LogP contribution in [0.25, 0.3) is 0 Å². The van der Waals surface area contributed by atoms with Gasteiger partial charge in [0.05, 0.1) is 8.07 Å². The molecule has 1 heterocycles. The fraction of sp³-hybridized carbons (Fsp3) is 0.615. The van der Waals surface area contributed by atoms with Crippen molar-refractivity contribution in [2.45, 2.75) is 51.4 Å². The smallest absolute Gasteiger partial charge is 0.0531 e. The third-order valence-electron chi connectivity index (χ3n) is 3.89. The Bertz CT molecular complexity index is 259. The van der Waals surface area contributed by atoms with Crippen LogP contribution in [0.2, 0.25) is 24.2 Å². The van der Waals surface area contributed by atoms with Crippen molar-refractivity contribution in [1.82, 2.24) is 4.98 Å². The zero-order valence-electron chi connectivity index (χ0n) is 10.3. The summed E-state index contributed by atoms with van der Waals surface area (Å²) in [6, 6.07) is 11.9. The fourth-order valence-corrected chi connectivity index (χ4v) is 5.57. The van der Waals surface area contributed by atoms with Gasteiger partial charge in [0.1, 0.15) is 0 Å². The Morgan fingerprint density at radius 3 is 2.20 bits per heavy atom. The van der Waals surface area contributed by atoms with Gasteiger partial charge in [0.15, 0.2) is 0 Å². The van der Waals surface area contributed by atoms with Gasteiger partial charge in [-0.15, -0.1) is 0 Å². The Kier molecular flexibility index (Phi) is 5.02. The highest BCUT2D eigenvalue weighted by Crippen LogP contribution is 2.26. The van der Waals surface area contributed by atoms with E-state index in [1.54, 1.807) is 0 Å². The molecule has 0 amide bonds. The summed E-state index contributed by atoms with van der Waals surface area (Å²) in [5, 5.41) is 0. The molecule has 0 fully saturated rings. The molecule has 0 unspecified atom stereocenters. The van der Waals surface area contributed by atoms with Gasteiger partial charge in [-0.05, 0) is 18.6 Å². The molecule has 0 aromatic carbocycles. The lowest BCUT2D eigenvalue weighted by Gasteiger charge is -2.27. The number of rotatable bonds is 6. The number of aryl methyl sites for hydroxylation is 1. The number of aromatic nitrogens is 1. The molecular weight excluding hydrogens is 198 g/mol. The van der Waals surface area contributed by atoms with Crippen LogP contribution in [0.15, 0.2) is 24.4 Å². The first-order chi connectivity index (χ1) is 7.26. The zero-order chi connectivity index (χ0) is 11.1. The second kappa shape index (κ2) is 6.06. The van der Waals surface area contributed by atoms with E-state index >= 15 is 0 Å². The predicted octanol–water partition coefficient (Wildman–Crippen LogP) is 4.13. The van der Waals surface area contributed by atoms with Gasteiger partial charge >= 0.3 is 0 Å². The van der Waals surface area contributed by atoms with Crippen molar-refractivity contribution in [3.8, 4) is 0 Å². The average Bonchev–Trinajstić information content (AvgIpc) is 2.33. The number of hydrogen-bond donors (Lipinski definition) is 0. The zero-order valence-corrected chi connectivity index (χ0v) is 11.3. The number of nitrogens with zero attached hydrogens (tertiary/aromatic N) is 1. The summed E-state index contributed by atoms with van der Waals surface area (Å²) in [4.78, 5) is 4.41. The molecule has 1 rings (SSSR count). The number of pyridine rings is 1. The van der Waals surface area contributed by atoms with E-state index in [1.807, 2.05) is 12.3 Å². The summed E-state index contributed by atoms with van der Waals surface area (Å²) in [5.41, 5.74) is 1.27. The van der Waals surface area contributed by atoms with Crippen molar-refractivity contribution in [2.24, 2.45) is 0 Å². The van der Waals surface area contributed by atoms with Gasteiger partial charge in [0.2, 0.25) is 0 Å². The Labute approximate surface area is 95.0 Å². The maximum atomic E-state index is 4.41. The average molecular weight is 221 g/mol. The van der Waals surface area contributed by atoms with Gasteiger partial charge in [-0.25, -0.2) is 0 Å². The maximum absolute atomic E-state index is 4.41. The van der Waals surface area contributed by atoms with Gasteiger partial charge in [-0.1, -0.05) is 51.0 Å². The normalized spacial score (nSPS) is 11.7. The lowest BCUT2D eigenvalue weighted by Crippen LogP contribution is -2.31. The highest BCUT2D eigenvalue weighted by Gasteiger charge is 2.25. The van der Waals surface area contributed by atoms with Crippen molar-refractivity contribution in [3.05, 3.63) is 30.1 Å². The lowest BCUT2D eigenvalue weighted by molar-refractivity contribution is 0.973. The minimum Gasteiger partial charge on any atom is -0.261 e. The lowest BCUT2D eigenvalue weighted by atomic mass is 10.3. The summed E-state index contributed by atoms with van der Waals surface area (Å²) in [6.07, 6.45) is 3.09. The van der Waals surface area contributed by atoms with Gasteiger partial charge in [-0.2, -0.15) is 0 Å². The van der Waals surface area contributed by atoms with Crippen molar-refractivity contribution < 1.29 is 0 Å². The molecule has 1 aromatic heterocycles. The third kappa shape index (κ3) is 3.45. The highest BCUT2D eigenvalue weighted by molar-refractivity contribution is 6.79. The standard InChI is InChI=1S/C13H23NSi/c1-4-15(5-2,6-3)12-10-13-9-7-8-11-14-13/h7-9,11H,4-6,10,12H2,1-3H3. The molecule has 84 valence electrons. The van der Waals surface area contributed by atoms with Crippen LogP contribution in [-0.4, -0.2) is 13.1 Å². The van der Waals surface area contributed by atoms with Gasteiger partial charge in [0.25, 0.3) is 0 Å². The quantitative estimate of drug-likeness (QED) is 0.658. The summed E-state index contributed by atoms with van der Waals surface area (Å²) in [7, 11) is -0.940. The summed E-state index contributed by atoms with van der Waals surface area (Å²) < 4.78 is 0. The molecule has 0 atom stereocenters. The molecule has 0 bridgehead atoms. The first-order valence-corrected chi connectivity index (χ1v) is 8.99. The molecule has 0 spiro atoms. The summed E-state index contributed by atoms with van der Waals surface area (Å²) in [6.45, 7) is 7.12. The monoisotopic (exact) mass is 221 g/mol. The van der Waals surface area contributed by atoms with Crippen LogP contribution in [0.4, 0.5) is 0 Å². The molecule has 1 nitrogen and oxygen atoms in total. The molecule has 0 radical (unpaired) electrons. The van der Waals surface area contributed by atoms with Crippen molar-refractivity contribution in [1.29, 1.82) is 0 Å². The SMILES string of the molecule is CC[Si](CC)(CC)CCc1ccccn1. The summed E-state index contributed by atoms with van der Waals surface area (Å²) in [5.74, 6) is 0. The highest BCUT2D eigenvalue weighted by atomic mass is 28.3. The Morgan fingerprint density at radius 1 is 1.07 bits per heavy atom. The van der Waals surface area contributed by atoms with E-state index in [4.69, 9.17) is 0 Å². The topological polar surface area (TPSA) is 12.9 Å². The van der Waals surface area contributed by atoms with Gasteiger partial charge in [-0.3, -0.25) is 4.98 Å². The molecule has 1 aromatic rings. The van der Waals surface area contributed by atoms with E-state index in [-0.39, 0.29) is 0 Å². The van der Waals surface area contributed by atoms with Crippen LogP contribution in [0, 0.1) is 0 Å². The molecule has 0 N–H and O–H groups in total. The third-order valence-corrected chi connectivity index (χ3v) is 9.70. The maximum Gasteiger partial charge on any atom is 0.0531 e. The second-order valence-electron chi connectivity index (χ2n) is 4.38. The molecule has 0 saturated heterocycles. The van der Waals surface area contributed by atoms with Gasteiger partial charge in [0, 0.05) is 11.9 Å². The van der Waals surface area contributed by atoms with E-state index in [1.165, 1.54) is 36.3 Å². The molecule has 2 heteroatoms. The van der Waals surface area contributed by atoms with E-state index in [9.17, 15) is 0 Å². The van der Waals surface area contributed by atoms with Crippen LogP contribution in [0.3, 0.4) is 0 Å². The Hall–Kier alpha value is -0.633. The largest absolute Gasteiger partial charge is 0.261 e. The van der Waals surface area contributed by atoms with Crippen LogP contribution < -0.4 is 0 Å². The Morgan fingerprint density at radius 2 is 1.73 bits per heavy atom. The van der Waals surface area contributed by atoms with E-state index in [0.29, 0.717) is 0 Å². The first-order valence-electron chi connectivity index (χ1n) is 6.16. The van der Waals surface area contributed by atoms with Crippen molar-refractivity contribution in [3.63, 3.8) is 0 Å². The van der Waals surface area contributed by atoms with Crippen LogP contribution in [0.1, 0.15) is 26.5 Å². The predicted molar refractivity (Wildman–Crippen MR) is 69.9 cm³/mol. The van der Waals surface area contributed by atoms with Crippen LogP contribution in [0.5, 0.6) is 0 Å². The molecule has 0 aliphatic rings. The molecule has 15 heavy (non-hydrogen) atoms. The first kappa shape index (κ1) is 12.4. The van der Waals surface area contributed by atoms with Crippen LogP contribution in [-0.2, 0) is 6.42 Å². The van der Waals surface area contributed by atoms with Crippen molar-refractivity contribution >= 4 is 8.07 Å². The van der Waals surface area contributed by atoms with Crippen molar-refractivity contribution in [2.75, 3.05) is 0 Å². The minimum absolute atomic E-state index is 0.940. The molecular formula is C13H23NSi. The fourth-order valence-electron chi connectivity index (χ4n) is 2.22. The van der Waals surface area contributed by atoms with E-state index in [0.717, 1.165) is 0 Å². The minimum atomic E-state index is -0.940. The number of hydrogen-bond acceptors (Lipinski definition) is 1. The molecule has 0 saturated carbocycles.